The Morgan fingerprint density at radius 2 is 1.73 bits per heavy atom. The lowest BCUT2D eigenvalue weighted by molar-refractivity contribution is 0.306. The maximum absolute atomic E-state index is 12.6. The van der Waals surface area contributed by atoms with Crippen molar-refractivity contribution in [3.8, 4) is 17.0 Å². The molecule has 7 heteroatoms. The van der Waals surface area contributed by atoms with Gasteiger partial charge in [-0.2, -0.15) is 0 Å². The van der Waals surface area contributed by atoms with Gasteiger partial charge in [0.15, 0.2) is 5.13 Å². The van der Waals surface area contributed by atoms with Gasteiger partial charge >= 0.3 is 0 Å². The molecule has 4 aromatic rings. The van der Waals surface area contributed by atoms with Crippen LogP contribution in [0.4, 0.5) is 5.13 Å². The van der Waals surface area contributed by atoms with Gasteiger partial charge in [-0.1, -0.05) is 60.2 Å². The molecule has 1 N–H and O–H groups in total. The Kier molecular flexibility index (Phi) is 5.83. The molecule has 0 fully saturated rings. The summed E-state index contributed by atoms with van der Waals surface area (Å²) in [6, 6.07) is 24.2. The predicted octanol–water partition coefficient (Wildman–Crippen LogP) is 5.50. The minimum atomic E-state index is -3.67. The van der Waals surface area contributed by atoms with Crippen LogP contribution in [0.5, 0.6) is 5.75 Å². The summed E-state index contributed by atoms with van der Waals surface area (Å²) in [5.41, 5.74) is 3.63. The van der Waals surface area contributed by atoms with E-state index in [1.165, 1.54) is 11.3 Å². The lowest BCUT2D eigenvalue weighted by Gasteiger charge is -2.07. The Balaban J connectivity index is 1.48. The third kappa shape index (κ3) is 4.87. The molecule has 0 aliphatic heterocycles. The number of anilines is 1. The second-order valence-electron chi connectivity index (χ2n) is 6.76. The molecule has 0 aliphatic carbocycles. The number of ether oxygens (including phenoxy) is 1. The SMILES string of the molecule is Cc1ccc(S(=O)(=O)Nc2nc(-c3cccc(OCc4ccccc4)c3)cs2)cc1. The number of rotatable bonds is 7. The van der Waals surface area contributed by atoms with Crippen LogP contribution in [0.25, 0.3) is 11.3 Å². The van der Waals surface area contributed by atoms with Crippen molar-refractivity contribution in [2.45, 2.75) is 18.4 Å². The van der Waals surface area contributed by atoms with Crippen molar-refractivity contribution in [1.82, 2.24) is 4.98 Å². The van der Waals surface area contributed by atoms with Crippen LogP contribution in [0.3, 0.4) is 0 Å². The van der Waals surface area contributed by atoms with E-state index in [1.807, 2.05) is 66.9 Å². The molecule has 0 saturated heterocycles. The first-order valence-electron chi connectivity index (χ1n) is 9.32. The van der Waals surface area contributed by atoms with Crippen LogP contribution in [-0.2, 0) is 16.6 Å². The topological polar surface area (TPSA) is 68.3 Å². The Bertz CT molecular complexity index is 1230. The minimum absolute atomic E-state index is 0.209. The number of aryl methyl sites for hydroxylation is 1. The van der Waals surface area contributed by atoms with Gasteiger partial charge in [0, 0.05) is 10.9 Å². The molecule has 1 heterocycles. The molecule has 4 rings (SSSR count). The Labute approximate surface area is 180 Å². The average Bonchev–Trinajstić information content (AvgIpc) is 3.21. The highest BCUT2D eigenvalue weighted by Gasteiger charge is 2.16. The van der Waals surface area contributed by atoms with Gasteiger partial charge in [-0.3, -0.25) is 4.72 Å². The van der Waals surface area contributed by atoms with E-state index in [4.69, 9.17) is 4.74 Å². The quantitative estimate of drug-likeness (QED) is 0.415. The zero-order valence-corrected chi connectivity index (χ0v) is 17.9. The molecule has 0 amide bonds. The smallest absolute Gasteiger partial charge is 0.263 e. The molecule has 152 valence electrons. The maximum atomic E-state index is 12.6. The van der Waals surface area contributed by atoms with E-state index < -0.39 is 10.0 Å². The fraction of sp³-hybridized carbons (Fsp3) is 0.0870. The van der Waals surface area contributed by atoms with Gasteiger partial charge in [0.2, 0.25) is 0 Å². The van der Waals surface area contributed by atoms with Crippen molar-refractivity contribution >= 4 is 26.5 Å². The molecule has 5 nitrogen and oxygen atoms in total. The number of hydrogen-bond acceptors (Lipinski definition) is 5. The number of aromatic nitrogens is 1. The van der Waals surface area contributed by atoms with Gasteiger partial charge in [-0.15, -0.1) is 11.3 Å². The normalized spacial score (nSPS) is 11.2. The molecule has 0 saturated carbocycles. The highest BCUT2D eigenvalue weighted by Crippen LogP contribution is 2.29. The molecule has 0 radical (unpaired) electrons. The van der Waals surface area contributed by atoms with Gasteiger partial charge in [-0.25, -0.2) is 13.4 Å². The molecule has 1 aromatic heterocycles. The molecule has 0 aliphatic rings. The van der Waals surface area contributed by atoms with Gasteiger partial charge < -0.3 is 4.74 Å². The molecule has 3 aromatic carbocycles. The molecule has 0 bridgehead atoms. The Morgan fingerprint density at radius 3 is 2.50 bits per heavy atom. The number of hydrogen-bond donors (Lipinski definition) is 1. The second-order valence-corrected chi connectivity index (χ2v) is 9.30. The van der Waals surface area contributed by atoms with Gasteiger partial charge in [0.05, 0.1) is 10.6 Å². The van der Waals surface area contributed by atoms with E-state index >= 15 is 0 Å². The highest BCUT2D eigenvalue weighted by atomic mass is 32.2. The molecule has 30 heavy (non-hydrogen) atoms. The first kappa shape index (κ1) is 20.1. The van der Waals surface area contributed by atoms with Crippen LogP contribution >= 0.6 is 11.3 Å². The molecule has 0 spiro atoms. The van der Waals surface area contributed by atoms with E-state index in [9.17, 15) is 8.42 Å². The van der Waals surface area contributed by atoms with Crippen LogP contribution in [-0.4, -0.2) is 13.4 Å². The largest absolute Gasteiger partial charge is 0.489 e. The van der Waals surface area contributed by atoms with Crippen molar-refractivity contribution in [3.63, 3.8) is 0 Å². The Hall–Kier alpha value is -3.16. The molecular formula is C23H20N2O3S2. The van der Waals surface area contributed by atoms with Crippen LogP contribution in [0.15, 0.2) is 89.1 Å². The van der Waals surface area contributed by atoms with Gasteiger partial charge in [-0.05, 0) is 36.8 Å². The summed E-state index contributed by atoms with van der Waals surface area (Å²) in [5.74, 6) is 0.728. The van der Waals surface area contributed by atoms with E-state index in [0.717, 1.165) is 22.4 Å². The Morgan fingerprint density at radius 1 is 0.967 bits per heavy atom. The maximum Gasteiger partial charge on any atom is 0.263 e. The van der Waals surface area contributed by atoms with E-state index in [-0.39, 0.29) is 4.90 Å². The fourth-order valence-corrected chi connectivity index (χ4v) is 4.80. The van der Waals surface area contributed by atoms with Crippen LogP contribution in [0.2, 0.25) is 0 Å². The number of nitrogens with zero attached hydrogens (tertiary/aromatic N) is 1. The lowest BCUT2D eigenvalue weighted by atomic mass is 10.1. The van der Waals surface area contributed by atoms with E-state index in [2.05, 4.69) is 9.71 Å². The first-order valence-corrected chi connectivity index (χ1v) is 11.7. The summed E-state index contributed by atoms with van der Waals surface area (Å²) in [4.78, 5) is 4.65. The first-order chi connectivity index (χ1) is 14.5. The van der Waals surface area contributed by atoms with Crippen molar-refractivity contribution in [3.05, 3.63) is 95.4 Å². The van der Waals surface area contributed by atoms with Crippen molar-refractivity contribution in [2.24, 2.45) is 0 Å². The van der Waals surface area contributed by atoms with Crippen molar-refractivity contribution in [1.29, 1.82) is 0 Å². The molecular weight excluding hydrogens is 416 g/mol. The summed E-state index contributed by atoms with van der Waals surface area (Å²) in [6.45, 7) is 2.39. The summed E-state index contributed by atoms with van der Waals surface area (Å²) in [5, 5.41) is 2.14. The summed E-state index contributed by atoms with van der Waals surface area (Å²) in [7, 11) is -3.67. The number of nitrogens with one attached hydrogen (secondary N) is 1. The van der Waals surface area contributed by atoms with Crippen molar-refractivity contribution < 1.29 is 13.2 Å². The number of benzene rings is 3. The monoisotopic (exact) mass is 436 g/mol. The van der Waals surface area contributed by atoms with Gasteiger partial charge in [0.1, 0.15) is 12.4 Å². The standard InChI is InChI=1S/C23H20N2O3S2/c1-17-10-12-21(13-11-17)30(26,27)25-23-24-22(16-29-23)19-8-5-9-20(14-19)28-15-18-6-3-2-4-7-18/h2-14,16H,15H2,1H3,(H,24,25). The third-order valence-electron chi connectivity index (χ3n) is 4.44. The van der Waals surface area contributed by atoms with Crippen LogP contribution in [0.1, 0.15) is 11.1 Å². The fourth-order valence-electron chi connectivity index (χ4n) is 2.83. The zero-order chi connectivity index (χ0) is 21.0. The van der Waals surface area contributed by atoms with Crippen molar-refractivity contribution in [2.75, 3.05) is 4.72 Å². The second kappa shape index (κ2) is 8.69. The average molecular weight is 437 g/mol. The summed E-state index contributed by atoms with van der Waals surface area (Å²) in [6.07, 6.45) is 0. The van der Waals surface area contributed by atoms with Gasteiger partial charge in [0.25, 0.3) is 10.0 Å². The highest BCUT2D eigenvalue weighted by molar-refractivity contribution is 7.93. The van der Waals surface area contributed by atoms with E-state index in [0.29, 0.717) is 17.4 Å². The lowest BCUT2D eigenvalue weighted by Crippen LogP contribution is -2.12. The predicted molar refractivity (Wildman–Crippen MR) is 120 cm³/mol. The molecule has 0 unspecified atom stereocenters. The minimum Gasteiger partial charge on any atom is -0.489 e. The van der Waals surface area contributed by atoms with Crippen LogP contribution < -0.4 is 9.46 Å². The number of sulfonamides is 1. The van der Waals surface area contributed by atoms with Crippen LogP contribution in [0, 0.1) is 6.92 Å². The summed E-state index contributed by atoms with van der Waals surface area (Å²) >= 11 is 1.24. The third-order valence-corrected chi connectivity index (χ3v) is 6.68. The summed E-state index contributed by atoms with van der Waals surface area (Å²) < 4.78 is 33.6. The molecule has 0 atom stereocenters. The van der Waals surface area contributed by atoms with E-state index in [1.54, 1.807) is 24.3 Å². The number of thiazole rings is 1. The zero-order valence-electron chi connectivity index (χ0n) is 16.3.